The molecule has 1 aromatic heterocycles. The van der Waals surface area contributed by atoms with Gasteiger partial charge in [0, 0.05) is 18.1 Å². The molecule has 0 aliphatic heterocycles. The number of hydrogen-bond acceptors (Lipinski definition) is 0. The van der Waals surface area contributed by atoms with E-state index in [0.29, 0.717) is 6.54 Å². The Balaban J connectivity index is 2.08. The van der Waals surface area contributed by atoms with Crippen molar-refractivity contribution in [1.29, 1.82) is 0 Å². The first-order chi connectivity index (χ1) is 9.15. The molecular formula is C16H13ClFN. The normalized spacial score (nSPS) is 11.1. The number of rotatable bonds is 2. The van der Waals surface area contributed by atoms with Crippen LogP contribution < -0.4 is 0 Å². The van der Waals surface area contributed by atoms with Gasteiger partial charge in [-0.15, -0.1) is 0 Å². The van der Waals surface area contributed by atoms with Crippen molar-refractivity contribution >= 4 is 22.5 Å². The van der Waals surface area contributed by atoms with Crippen molar-refractivity contribution in [1.82, 2.24) is 4.57 Å². The van der Waals surface area contributed by atoms with Gasteiger partial charge in [-0.05, 0) is 42.3 Å². The Labute approximate surface area is 116 Å². The van der Waals surface area contributed by atoms with Gasteiger partial charge in [-0.3, -0.25) is 0 Å². The molecule has 0 spiro atoms. The maximum atomic E-state index is 13.3. The smallest absolute Gasteiger partial charge is 0.123 e. The monoisotopic (exact) mass is 273 g/mol. The molecule has 0 atom stereocenters. The number of aromatic nitrogens is 1. The Kier molecular flexibility index (Phi) is 3.03. The number of fused-ring (bicyclic) bond motifs is 1. The van der Waals surface area contributed by atoms with E-state index in [9.17, 15) is 4.39 Å². The summed E-state index contributed by atoms with van der Waals surface area (Å²) in [5.41, 5.74) is 3.04. The van der Waals surface area contributed by atoms with Gasteiger partial charge >= 0.3 is 0 Å². The maximum Gasteiger partial charge on any atom is 0.123 e. The molecule has 0 fully saturated rings. The summed E-state index contributed by atoms with van der Waals surface area (Å²) in [6.45, 7) is 2.61. The lowest BCUT2D eigenvalue weighted by atomic mass is 10.1. The summed E-state index contributed by atoms with van der Waals surface area (Å²) in [5, 5.41) is 1.82. The second kappa shape index (κ2) is 4.71. The minimum atomic E-state index is -0.205. The summed E-state index contributed by atoms with van der Waals surface area (Å²) in [6.07, 6.45) is 1.99. The Hall–Kier alpha value is -1.80. The fourth-order valence-corrected chi connectivity index (χ4v) is 2.63. The molecule has 19 heavy (non-hydrogen) atoms. The molecule has 0 radical (unpaired) electrons. The SMILES string of the molecule is Cc1ccc(F)cc1Cn1ccc2cccc(Cl)c21. The van der Waals surface area contributed by atoms with E-state index in [1.165, 1.54) is 6.07 Å². The Morgan fingerprint density at radius 3 is 2.84 bits per heavy atom. The fraction of sp³-hybridized carbons (Fsp3) is 0.125. The van der Waals surface area contributed by atoms with E-state index in [-0.39, 0.29) is 5.82 Å². The highest BCUT2D eigenvalue weighted by Gasteiger charge is 2.07. The lowest BCUT2D eigenvalue weighted by Gasteiger charge is -2.09. The van der Waals surface area contributed by atoms with E-state index in [1.807, 2.05) is 37.4 Å². The summed E-state index contributed by atoms with van der Waals surface area (Å²) in [6, 6.07) is 12.7. The standard InChI is InChI=1S/C16H13ClFN/c1-11-5-6-14(18)9-13(11)10-19-8-7-12-3-2-4-15(17)16(12)19/h2-9H,10H2,1H3. The van der Waals surface area contributed by atoms with E-state index in [2.05, 4.69) is 4.57 Å². The van der Waals surface area contributed by atoms with Crippen LogP contribution in [0.1, 0.15) is 11.1 Å². The van der Waals surface area contributed by atoms with Crippen molar-refractivity contribution in [2.45, 2.75) is 13.5 Å². The predicted molar refractivity (Wildman–Crippen MR) is 77.2 cm³/mol. The minimum Gasteiger partial charge on any atom is -0.342 e. The summed E-state index contributed by atoms with van der Waals surface area (Å²) in [4.78, 5) is 0. The molecule has 2 aromatic carbocycles. The predicted octanol–water partition coefficient (Wildman–Crippen LogP) is 4.79. The molecule has 0 saturated carbocycles. The fourth-order valence-electron chi connectivity index (χ4n) is 2.34. The molecule has 0 saturated heterocycles. The topological polar surface area (TPSA) is 4.93 Å². The van der Waals surface area contributed by atoms with Crippen LogP contribution >= 0.6 is 11.6 Å². The number of para-hydroxylation sites is 1. The minimum absolute atomic E-state index is 0.205. The molecule has 3 rings (SSSR count). The number of benzene rings is 2. The molecule has 1 nitrogen and oxygen atoms in total. The first-order valence-corrected chi connectivity index (χ1v) is 6.51. The zero-order valence-corrected chi connectivity index (χ0v) is 11.3. The summed E-state index contributed by atoms with van der Waals surface area (Å²) in [7, 11) is 0. The number of hydrogen-bond donors (Lipinski definition) is 0. The van der Waals surface area contributed by atoms with Crippen molar-refractivity contribution in [2.75, 3.05) is 0 Å². The second-order valence-electron chi connectivity index (χ2n) is 4.69. The molecule has 0 bridgehead atoms. The highest BCUT2D eigenvalue weighted by atomic mass is 35.5. The number of halogens is 2. The highest BCUT2D eigenvalue weighted by molar-refractivity contribution is 6.35. The molecule has 3 heteroatoms. The van der Waals surface area contributed by atoms with Crippen LogP contribution in [0.25, 0.3) is 10.9 Å². The van der Waals surface area contributed by atoms with Crippen LogP contribution in [-0.4, -0.2) is 4.57 Å². The molecule has 3 aromatic rings. The van der Waals surface area contributed by atoms with Crippen molar-refractivity contribution in [3.05, 3.63) is 70.6 Å². The van der Waals surface area contributed by atoms with Crippen molar-refractivity contribution in [2.24, 2.45) is 0 Å². The van der Waals surface area contributed by atoms with Gasteiger partial charge in [0.15, 0.2) is 0 Å². The van der Waals surface area contributed by atoms with E-state index in [0.717, 1.165) is 27.1 Å². The van der Waals surface area contributed by atoms with Crippen LogP contribution in [0.4, 0.5) is 4.39 Å². The van der Waals surface area contributed by atoms with Crippen LogP contribution in [0.2, 0.25) is 5.02 Å². The summed E-state index contributed by atoms with van der Waals surface area (Å²) < 4.78 is 15.4. The molecule has 96 valence electrons. The largest absolute Gasteiger partial charge is 0.342 e. The molecule has 0 unspecified atom stereocenters. The van der Waals surface area contributed by atoms with Gasteiger partial charge in [-0.25, -0.2) is 4.39 Å². The quantitative estimate of drug-likeness (QED) is 0.633. The maximum absolute atomic E-state index is 13.3. The van der Waals surface area contributed by atoms with Gasteiger partial charge in [0.25, 0.3) is 0 Å². The van der Waals surface area contributed by atoms with Crippen molar-refractivity contribution in [3.63, 3.8) is 0 Å². The molecule has 0 amide bonds. The van der Waals surface area contributed by atoms with Gasteiger partial charge in [-0.1, -0.05) is 29.8 Å². The molecule has 0 N–H and O–H groups in total. The summed E-state index contributed by atoms with van der Waals surface area (Å²) >= 11 is 6.25. The first kappa shape index (κ1) is 12.2. The van der Waals surface area contributed by atoms with Gasteiger partial charge in [0.2, 0.25) is 0 Å². The van der Waals surface area contributed by atoms with Crippen LogP contribution in [0.5, 0.6) is 0 Å². The molecule has 1 heterocycles. The van der Waals surface area contributed by atoms with Gasteiger partial charge < -0.3 is 4.57 Å². The lowest BCUT2D eigenvalue weighted by molar-refractivity contribution is 0.623. The third-order valence-electron chi connectivity index (χ3n) is 3.39. The average molecular weight is 274 g/mol. The molecular weight excluding hydrogens is 261 g/mol. The van der Waals surface area contributed by atoms with Gasteiger partial charge in [0.05, 0.1) is 10.5 Å². The van der Waals surface area contributed by atoms with E-state index in [1.54, 1.807) is 12.1 Å². The van der Waals surface area contributed by atoms with Crippen molar-refractivity contribution in [3.8, 4) is 0 Å². The van der Waals surface area contributed by atoms with Crippen LogP contribution in [0, 0.1) is 12.7 Å². The average Bonchev–Trinajstić information content (AvgIpc) is 2.79. The third kappa shape index (κ3) is 2.24. The zero-order chi connectivity index (χ0) is 13.4. The van der Waals surface area contributed by atoms with Gasteiger partial charge in [-0.2, -0.15) is 0 Å². The Morgan fingerprint density at radius 1 is 1.16 bits per heavy atom. The van der Waals surface area contributed by atoms with Gasteiger partial charge in [0.1, 0.15) is 5.82 Å². The molecule has 0 aliphatic rings. The highest BCUT2D eigenvalue weighted by Crippen LogP contribution is 2.25. The third-order valence-corrected chi connectivity index (χ3v) is 3.70. The van der Waals surface area contributed by atoms with Crippen LogP contribution in [-0.2, 0) is 6.54 Å². The lowest BCUT2D eigenvalue weighted by Crippen LogP contribution is -2.01. The van der Waals surface area contributed by atoms with Crippen LogP contribution in [0.15, 0.2) is 48.7 Å². The number of aryl methyl sites for hydroxylation is 1. The van der Waals surface area contributed by atoms with E-state index < -0.39 is 0 Å². The number of nitrogens with zero attached hydrogens (tertiary/aromatic N) is 1. The van der Waals surface area contributed by atoms with E-state index in [4.69, 9.17) is 11.6 Å². The van der Waals surface area contributed by atoms with Crippen molar-refractivity contribution < 1.29 is 4.39 Å². The first-order valence-electron chi connectivity index (χ1n) is 6.13. The zero-order valence-electron chi connectivity index (χ0n) is 10.5. The Morgan fingerprint density at radius 2 is 2.00 bits per heavy atom. The second-order valence-corrected chi connectivity index (χ2v) is 5.10. The van der Waals surface area contributed by atoms with E-state index >= 15 is 0 Å². The van der Waals surface area contributed by atoms with Crippen LogP contribution in [0.3, 0.4) is 0 Å². The Bertz CT molecular complexity index is 746. The molecule has 0 aliphatic carbocycles. The summed E-state index contributed by atoms with van der Waals surface area (Å²) in [5.74, 6) is -0.205.